The third kappa shape index (κ3) is 4.87. The summed E-state index contributed by atoms with van der Waals surface area (Å²) in [6.45, 7) is 4.68. The highest BCUT2D eigenvalue weighted by atomic mass is 16.5. The lowest BCUT2D eigenvalue weighted by atomic mass is 10.2. The van der Waals surface area contributed by atoms with Crippen LogP contribution in [0.2, 0.25) is 0 Å². The van der Waals surface area contributed by atoms with E-state index in [4.69, 9.17) is 9.84 Å². The number of hydrogen-bond donors (Lipinski definition) is 1. The minimum atomic E-state index is -0.917. The fourth-order valence-corrected chi connectivity index (χ4v) is 1.51. The van der Waals surface area contributed by atoms with Gasteiger partial charge in [-0.3, -0.25) is 0 Å². The third-order valence-electron chi connectivity index (χ3n) is 2.45. The Morgan fingerprint density at radius 1 is 1.29 bits per heavy atom. The Morgan fingerprint density at radius 2 is 1.94 bits per heavy atom. The maximum atomic E-state index is 10.6. The van der Waals surface area contributed by atoms with Gasteiger partial charge in [-0.1, -0.05) is 6.92 Å². The first kappa shape index (κ1) is 13.5. The van der Waals surface area contributed by atoms with E-state index >= 15 is 0 Å². The second-order valence-electron chi connectivity index (χ2n) is 3.98. The molecule has 1 aromatic rings. The SMILES string of the molecule is CCCN(C)CCOc1ccc(C(=O)O)cc1. The second-order valence-corrected chi connectivity index (χ2v) is 3.98. The number of carboxylic acid groups (broad SMARTS) is 1. The van der Waals surface area contributed by atoms with Gasteiger partial charge in [-0.25, -0.2) is 4.79 Å². The molecule has 17 heavy (non-hydrogen) atoms. The monoisotopic (exact) mass is 237 g/mol. The molecule has 1 rings (SSSR count). The van der Waals surface area contributed by atoms with E-state index in [1.807, 2.05) is 0 Å². The predicted octanol–water partition coefficient (Wildman–Crippen LogP) is 2.11. The summed E-state index contributed by atoms with van der Waals surface area (Å²) in [5.41, 5.74) is 0.278. The van der Waals surface area contributed by atoms with Crippen molar-refractivity contribution in [3.63, 3.8) is 0 Å². The van der Waals surface area contributed by atoms with E-state index < -0.39 is 5.97 Å². The number of aromatic carboxylic acids is 1. The lowest BCUT2D eigenvalue weighted by molar-refractivity contribution is 0.0697. The summed E-state index contributed by atoms with van der Waals surface area (Å²) in [6.07, 6.45) is 1.13. The molecule has 0 bridgehead atoms. The highest BCUT2D eigenvalue weighted by Gasteiger charge is 2.02. The van der Waals surface area contributed by atoms with Gasteiger partial charge in [-0.05, 0) is 44.3 Å². The van der Waals surface area contributed by atoms with E-state index in [0.29, 0.717) is 12.4 Å². The summed E-state index contributed by atoms with van der Waals surface area (Å²) in [6, 6.07) is 6.47. The summed E-state index contributed by atoms with van der Waals surface area (Å²) in [5, 5.41) is 8.74. The standard InChI is InChI=1S/C13H19NO3/c1-3-8-14(2)9-10-17-12-6-4-11(5-7-12)13(15)16/h4-7H,3,8-10H2,1-2H3,(H,15,16). The van der Waals surface area contributed by atoms with Crippen LogP contribution in [0.5, 0.6) is 5.75 Å². The van der Waals surface area contributed by atoms with Crippen LogP contribution >= 0.6 is 0 Å². The van der Waals surface area contributed by atoms with E-state index in [0.717, 1.165) is 19.5 Å². The van der Waals surface area contributed by atoms with Gasteiger partial charge in [-0.2, -0.15) is 0 Å². The van der Waals surface area contributed by atoms with Crippen LogP contribution in [0.25, 0.3) is 0 Å². The Hall–Kier alpha value is -1.55. The number of nitrogens with zero attached hydrogens (tertiary/aromatic N) is 1. The zero-order valence-electron chi connectivity index (χ0n) is 10.3. The summed E-state index contributed by atoms with van der Waals surface area (Å²) >= 11 is 0. The largest absolute Gasteiger partial charge is 0.492 e. The zero-order chi connectivity index (χ0) is 12.7. The van der Waals surface area contributed by atoms with Gasteiger partial charge in [0, 0.05) is 6.54 Å². The molecule has 0 fully saturated rings. The highest BCUT2D eigenvalue weighted by molar-refractivity contribution is 5.87. The second kappa shape index (κ2) is 6.91. The quantitative estimate of drug-likeness (QED) is 0.789. The first-order chi connectivity index (χ1) is 8.13. The molecule has 0 atom stereocenters. The lowest BCUT2D eigenvalue weighted by Gasteiger charge is -2.15. The first-order valence-electron chi connectivity index (χ1n) is 5.78. The van der Waals surface area contributed by atoms with Crippen LogP contribution in [-0.4, -0.2) is 42.7 Å². The van der Waals surface area contributed by atoms with E-state index in [9.17, 15) is 4.79 Å². The van der Waals surface area contributed by atoms with Crippen molar-refractivity contribution in [1.82, 2.24) is 4.90 Å². The Labute approximate surface area is 102 Å². The average molecular weight is 237 g/mol. The molecule has 0 aliphatic heterocycles. The van der Waals surface area contributed by atoms with Crippen molar-refractivity contribution in [2.75, 3.05) is 26.7 Å². The van der Waals surface area contributed by atoms with Crippen molar-refractivity contribution in [3.05, 3.63) is 29.8 Å². The van der Waals surface area contributed by atoms with Gasteiger partial charge >= 0.3 is 5.97 Å². The van der Waals surface area contributed by atoms with Crippen molar-refractivity contribution in [2.45, 2.75) is 13.3 Å². The van der Waals surface area contributed by atoms with Crippen LogP contribution in [0, 0.1) is 0 Å². The molecule has 4 heteroatoms. The van der Waals surface area contributed by atoms with E-state index in [1.54, 1.807) is 24.3 Å². The molecule has 1 N–H and O–H groups in total. The van der Waals surface area contributed by atoms with Crippen LogP contribution < -0.4 is 4.74 Å². The maximum absolute atomic E-state index is 10.6. The van der Waals surface area contributed by atoms with Gasteiger partial charge in [0.25, 0.3) is 0 Å². The minimum absolute atomic E-state index is 0.278. The first-order valence-corrected chi connectivity index (χ1v) is 5.78. The molecular weight excluding hydrogens is 218 g/mol. The number of carboxylic acids is 1. The molecule has 1 aromatic carbocycles. The van der Waals surface area contributed by atoms with Crippen molar-refractivity contribution in [1.29, 1.82) is 0 Å². The van der Waals surface area contributed by atoms with E-state index in [-0.39, 0.29) is 5.56 Å². The molecule has 0 unspecified atom stereocenters. The minimum Gasteiger partial charge on any atom is -0.492 e. The molecule has 4 nitrogen and oxygen atoms in total. The highest BCUT2D eigenvalue weighted by Crippen LogP contribution is 2.11. The molecule has 94 valence electrons. The molecule has 0 spiro atoms. The molecule has 0 aliphatic rings. The molecular formula is C13H19NO3. The number of rotatable bonds is 7. The number of likely N-dealkylation sites (N-methyl/N-ethyl adjacent to an activating group) is 1. The Kier molecular flexibility index (Phi) is 5.49. The van der Waals surface area contributed by atoms with Crippen LogP contribution in [0.1, 0.15) is 23.7 Å². The van der Waals surface area contributed by atoms with Crippen molar-refractivity contribution in [3.8, 4) is 5.75 Å². The molecule has 0 saturated carbocycles. The zero-order valence-corrected chi connectivity index (χ0v) is 10.3. The van der Waals surface area contributed by atoms with Crippen molar-refractivity contribution in [2.24, 2.45) is 0 Å². The summed E-state index contributed by atoms with van der Waals surface area (Å²) in [7, 11) is 2.06. The summed E-state index contributed by atoms with van der Waals surface area (Å²) in [4.78, 5) is 12.8. The van der Waals surface area contributed by atoms with E-state index in [2.05, 4.69) is 18.9 Å². The van der Waals surface area contributed by atoms with Crippen LogP contribution in [0.3, 0.4) is 0 Å². The van der Waals surface area contributed by atoms with Gasteiger partial charge in [0.05, 0.1) is 5.56 Å². The number of benzene rings is 1. The third-order valence-corrected chi connectivity index (χ3v) is 2.45. The van der Waals surface area contributed by atoms with Crippen LogP contribution in [0.4, 0.5) is 0 Å². The van der Waals surface area contributed by atoms with Crippen LogP contribution in [-0.2, 0) is 0 Å². The number of hydrogen-bond acceptors (Lipinski definition) is 3. The van der Waals surface area contributed by atoms with Gasteiger partial charge in [0.2, 0.25) is 0 Å². The molecule has 0 aromatic heterocycles. The Morgan fingerprint density at radius 3 is 2.47 bits per heavy atom. The fraction of sp³-hybridized carbons (Fsp3) is 0.462. The lowest BCUT2D eigenvalue weighted by Crippen LogP contribution is -2.24. The molecule has 0 saturated heterocycles. The van der Waals surface area contributed by atoms with Gasteiger partial charge in [0.1, 0.15) is 12.4 Å². The molecule has 0 amide bonds. The average Bonchev–Trinajstić information content (AvgIpc) is 2.30. The van der Waals surface area contributed by atoms with E-state index in [1.165, 1.54) is 0 Å². The normalized spacial score (nSPS) is 10.5. The van der Waals surface area contributed by atoms with Gasteiger partial charge < -0.3 is 14.7 Å². The maximum Gasteiger partial charge on any atom is 0.335 e. The van der Waals surface area contributed by atoms with Crippen molar-refractivity contribution < 1.29 is 14.6 Å². The predicted molar refractivity (Wildman–Crippen MR) is 66.7 cm³/mol. The van der Waals surface area contributed by atoms with Gasteiger partial charge in [-0.15, -0.1) is 0 Å². The Bertz CT molecular complexity index is 348. The summed E-state index contributed by atoms with van der Waals surface area (Å²) in [5.74, 6) is -0.209. The molecule has 0 aliphatic carbocycles. The number of ether oxygens (including phenoxy) is 1. The van der Waals surface area contributed by atoms with Crippen LogP contribution in [0.15, 0.2) is 24.3 Å². The molecule has 0 heterocycles. The Balaban J connectivity index is 2.34. The van der Waals surface area contributed by atoms with Gasteiger partial charge in [0.15, 0.2) is 0 Å². The molecule has 0 radical (unpaired) electrons. The topological polar surface area (TPSA) is 49.8 Å². The summed E-state index contributed by atoms with van der Waals surface area (Å²) < 4.78 is 5.52. The smallest absolute Gasteiger partial charge is 0.335 e. The fourth-order valence-electron chi connectivity index (χ4n) is 1.51. The van der Waals surface area contributed by atoms with Crippen molar-refractivity contribution >= 4 is 5.97 Å². The number of carbonyl (C=O) groups is 1.